The van der Waals surface area contributed by atoms with Crippen molar-refractivity contribution in [2.24, 2.45) is 5.92 Å². The topological polar surface area (TPSA) is 34.1 Å². The summed E-state index contributed by atoms with van der Waals surface area (Å²) in [7, 11) is 0. The lowest BCUT2D eigenvalue weighted by molar-refractivity contribution is 0.0797. The maximum atomic E-state index is 13.8. The molecule has 0 aromatic heterocycles. The van der Waals surface area contributed by atoms with Gasteiger partial charge in [-0.05, 0) is 24.6 Å². The molecule has 0 aliphatic carbocycles. The summed E-state index contributed by atoms with van der Waals surface area (Å²) in [6, 6.07) is 35.5. The van der Waals surface area contributed by atoms with Crippen molar-refractivity contribution in [2.75, 3.05) is 0 Å². The van der Waals surface area contributed by atoms with E-state index in [1.54, 1.807) is 24.3 Å². The average molecular weight is 429 g/mol. The lowest BCUT2D eigenvalue weighted by atomic mass is 9.77. The van der Waals surface area contributed by atoms with Crippen LogP contribution < -0.4 is 0 Å². The number of hydrogen-bond acceptors (Lipinski definition) is 2. The zero-order valence-electron chi connectivity index (χ0n) is 18.4. The van der Waals surface area contributed by atoms with Gasteiger partial charge in [-0.15, -0.1) is 0 Å². The fourth-order valence-corrected chi connectivity index (χ4v) is 3.80. The van der Waals surface area contributed by atoms with Crippen LogP contribution in [0.2, 0.25) is 0 Å². The van der Waals surface area contributed by atoms with E-state index in [9.17, 15) is 9.59 Å². The maximum absolute atomic E-state index is 13.8. The predicted molar refractivity (Wildman–Crippen MR) is 132 cm³/mol. The Balaban J connectivity index is 1.86. The van der Waals surface area contributed by atoms with Crippen LogP contribution in [-0.2, 0) is 0 Å². The molecule has 4 rings (SSSR count). The van der Waals surface area contributed by atoms with Crippen LogP contribution in [0.5, 0.6) is 0 Å². The molecule has 4 aromatic carbocycles. The van der Waals surface area contributed by atoms with Gasteiger partial charge in [0.15, 0.2) is 11.6 Å². The number of rotatable bonds is 6. The summed E-state index contributed by atoms with van der Waals surface area (Å²) in [5, 5.41) is 0. The van der Waals surface area contributed by atoms with Crippen LogP contribution in [-0.4, -0.2) is 11.6 Å². The zero-order valence-corrected chi connectivity index (χ0v) is 18.4. The molecule has 0 heterocycles. The Bertz CT molecular complexity index is 1230. The number of benzene rings is 4. The molecule has 0 aliphatic heterocycles. The average Bonchev–Trinajstić information content (AvgIpc) is 2.88. The molecular formula is C31H24O2. The van der Waals surface area contributed by atoms with E-state index in [4.69, 9.17) is 0 Å². The Labute approximate surface area is 194 Å². The third-order valence-corrected chi connectivity index (χ3v) is 5.60. The molecule has 2 heteroatoms. The summed E-state index contributed by atoms with van der Waals surface area (Å²) in [6.07, 6.45) is 0. The number of Topliss-reactive ketones (excluding diaryl/α,β-unsaturated/α-hetero) is 2. The van der Waals surface area contributed by atoms with Gasteiger partial charge in [0.2, 0.25) is 0 Å². The first-order chi connectivity index (χ1) is 16.1. The van der Waals surface area contributed by atoms with Gasteiger partial charge >= 0.3 is 0 Å². The van der Waals surface area contributed by atoms with E-state index in [0.29, 0.717) is 11.1 Å². The first-order valence-electron chi connectivity index (χ1n) is 10.9. The van der Waals surface area contributed by atoms with Gasteiger partial charge in [0.25, 0.3) is 0 Å². The summed E-state index contributed by atoms with van der Waals surface area (Å²) >= 11 is 0. The van der Waals surface area contributed by atoms with Crippen molar-refractivity contribution in [3.63, 3.8) is 0 Å². The fourth-order valence-electron chi connectivity index (χ4n) is 3.80. The second-order valence-electron chi connectivity index (χ2n) is 7.96. The highest BCUT2D eigenvalue weighted by atomic mass is 16.2. The molecule has 1 unspecified atom stereocenters. The molecule has 4 aromatic rings. The fraction of sp³-hybridized carbons (Fsp3) is 0.0968. The molecule has 2 nitrogen and oxygen atoms in total. The van der Waals surface area contributed by atoms with Crippen molar-refractivity contribution in [3.05, 3.63) is 143 Å². The van der Waals surface area contributed by atoms with E-state index in [1.165, 1.54) is 0 Å². The Hall–Kier alpha value is -4.22. The van der Waals surface area contributed by atoms with E-state index in [0.717, 1.165) is 16.7 Å². The third-order valence-electron chi connectivity index (χ3n) is 5.60. The highest BCUT2D eigenvalue weighted by Crippen LogP contribution is 2.31. The highest BCUT2D eigenvalue weighted by molar-refractivity contribution is 6.17. The van der Waals surface area contributed by atoms with Gasteiger partial charge in [0.1, 0.15) is 5.92 Å². The van der Waals surface area contributed by atoms with Gasteiger partial charge in [0, 0.05) is 16.7 Å². The Morgan fingerprint density at radius 3 is 1.55 bits per heavy atom. The molecule has 0 saturated heterocycles. The molecule has 0 spiro atoms. The van der Waals surface area contributed by atoms with Crippen molar-refractivity contribution in [1.82, 2.24) is 0 Å². The van der Waals surface area contributed by atoms with Gasteiger partial charge < -0.3 is 0 Å². The lowest BCUT2D eigenvalue weighted by Crippen LogP contribution is -2.30. The summed E-state index contributed by atoms with van der Waals surface area (Å²) in [6.45, 7) is 2.01. The molecule has 160 valence electrons. The molecule has 33 heavy (non-hydrogen) atoms. The lowest BCUT2D eigenvalue weighted by Gasteiger charge is -2.22. The third kappa shape index (κ3) is 5.34. The van der Waals surface area contributed by atoms with E-state index in [1.807, 2.05) is 97.9 Å². The molecule has 1 atom stereocenters. The van der Waals surface area contributed by atoms with Crippen LogP contribution in [0.3, 0.4) is 0 Å². The molecule has 0 aliphatic rings. The monoisotopic (exact) mass is 428 g/mol. The second-order valence-corrected chi connectivity index (χ2v) is 7.96. The van der Waals surface area contributed by atoms with Crippen LogP contribution in [0.1, 0.15) is 43.3 Å². The summed E-state index contributed by atoms with van der Waals surface area (Å²) < 4.78 is 0. The molecule has 0 bridgehead atoms. The molecule has 0 N–H and O–H groups in total. The van der Waals surface area contributed by atoms with Crippen molar-refractivity contribution in [1.29, 1.82) is 0 Å². The Morgan fingerprint density at radius 1 is 0.606 bits per heavy atom. The van der Waals surface area contributed by atoms with Crippen LogP contribution >= 0.6 is 0 Å². The quantitative estimate of drug-likeness (QED) is 0.199. The largest absolute Gasteiger partial charge is 0.293 e. The summed E-state index contributed by atoms with van der Waals surface area (Å²) in [4.78, 5) is 27.5. The number of hydrogen-bond donors (Lipinski definition) is 0. The molecule has 0 amide bonds. The van der Waals surface area contributed by atoms with Gasteiger partial charge in [-0.25, -0.2) is 0 Å². The molecule has 0 radical (unpaired) electrons. The van der Waals surface area contributed by atoms with Crippen molar-refractivity contribution >= 4 is 11.6 Å². The zero-order chi connectivity index (χ0) is 23.0. The van der Waals surface area contributed by atoms with E-state index in [-0.39, 0.29) is 11.6 Å². The molecular weight excluding hydrogens is 404 g/mol. The van der Waals surface area contributed by atoms with E-state index in [2.05, 4.69) is 11.8 Å². The second kappa shape index (κ2) is 10.4. The Morgan fingerprint density at radius 2 is 1.06 bits per heavy atom. The summed E-state index contributed by atoms with van der Waals surface area (Å²) in [5.41, 5.74) is 3.81. The predicted octanol–water partition coefficient (Wildman–Crippen LogP) is 6.51. The number of carbonyl (C=O) groups is 2. The van der Waals surface area contributed by atoms with Gasteiger partial charge in [-0.2, -0.15) is 0 Å². The van der Waals surface area contributed by atoms with E-state index < -0.39 is 11.8 Å². The first-order valence-corrected chi connectivity index (χ1v) is 10.9. The summed E-state index contributed by atoms with van der Waals surface area (Å²) in [5.74, 6) is 4.47. The van der Waals surface area contributed by atoms with Crippen LogP contribution in [0.15, 0.2) is 115 Å². The Kier molecular flexibility index (Phi) is 6.93. The maximum Gasteiger partial charge on any atom is 0.175 e. The van der Waals surface area contributed by atoms with Crippen molar-refractivity contribution in [3.8, 4) is 11.8 Å². The SMILES string of the molecule is Cc1ccc(C(C#Cc2ccccc2)C(C(=O)c2ccccc2)C(=O)c2ccccc2)cc1. The first kappa shape index (κ1) is 22.0. The molecule has 0 saturated carbocycles. The van der Waals surface area contributed by atoms with Crippen LogP contribution in [0.25, 0.3) is 0 Å². The van der Waals surface area contributed by atoms with Crippen LogP contribution in [0.4, 0.5) is 0 Å². The minimum absolute atomic E-state index is 0.225. The smallest absolute Gasteiger partial charge is 0.175 e. The van der Waals surface area contributed by atoms with Gasteiger partial charge in [-0.3, -0.25) is 9.59 Å². The standard InChI is InChI=1S/C31H24O2/c1-23-17-20-25(21-18-23)28(22-19-24-11-5-2-6-12-24)29(30(32)26-13-7-3-8-14-26)31(33)27-15-9-4-10-16-27/h2-18,20-21,28-29H,1H3. The minimum Gasteiger partial charge on any atom is -0.293 e. The van der Waals surface area contributed by atoms with Gasteiger partial charge in [0.05, 0.1) is 5.92 Å². The minimum atomic E-state index is -0.964. The molecule has 0 fully saturated rings. The normalized spacial score (nSPS) is 11.3. The van der Waals surface area contributed by atoms with Crippen molar-refractivity contribution < 1.29 is 9.59 Å². The number of carbonyl (C=O) groups excluding carboxylic acids is 2. The van der Waals surface area contributed by atoms with E-state index >= 15 is 0 Å². The van der Waals surface area contributed by atoms with Crippen molar-refractivity contribution in [2.45, 2.75) is 12.8 Å². The number of ketones is 2. The van der Waals surface area contributed by atoms with Crippen LogP contribution in [0, 0.1) is 24.7 Å². The van der Waals surface area contributed by atoms with Gasteiger partial charge in [-0.1, -0.05) is 121 Å². The number of aryl methyl sites for hydroxylation is 1. The highest BCUT2D eigenvalue weighted by Gasteiger charge is 2.36.